The van der Waals surface area contributed by atoms with Crippen LogP contribution in [0.25, 0.3) is 6.08 Å². The van der Waals surface area contributed by atoms with Crippen LogP contribution < -0.4 is 10.1 Å². The van der Waals surface area contributed by atoms with Crippen LogP contribution in [0.1, 0.15) is 50.4 Å². The second kappa shape index (κ2) is 10.2. The first kappa shape index (κ1) is 27.0. The zero-order valence-electron chi connectivity index (χ0n) is 23.0. The Morgan fingerprint density at radius 3 is 2.23 bits per heavy atom. The molecule has 0 radical (unpaired) electrons. The zero-order valence-corrected chi connectivity index (χ0v) is 24.6. The van der Waals surface area contributed by atoms with Crippen molar-refractivity contribution < 1.29 is 23.9 Å². The van der Waals surface area contributed by atoms with Gasteiger partial charge in [0.25, 0.3) is 0 Å². The van der Waals surface area contributed by atoms with Crippen LogP contribution in [-0.2, 0) is 15.0 Å². The van der Waals surface area contributed by atoms with Gasteiger partial charge in [0.1, 0.15) is 17.2 Å². The number of esters is 1. The van der Waals surface area contributed by atoms with E-state index < -0.39 is 29.4 Å². The van der Waals surface area contributed by atoms with E-state index in [2.05, 4.69) is 21.2 Å². The summed E-state index contributed by atoms with van der Waals surface area (Å²) < 4.78 is 5.98. The van der Waals surface area contributed by atoms with Crippen molar-refractivity contribution >= 4 is 51.1 Å². The van der Waals surface area contributed by atoms with E-state index in [1.807, 2.05) is 65.7 Å². The number of ketones is 2. The number of hydrogen-bond acceptors (Lipinski definition) is 6. The minimum absolute atomic E-state index is 0.297. The van der Waals surface area contributed by atoms with Gasteiger partial charge in [0, 0.05) is 34.4 Å². The van der Waals surface area contributed by atoms with Gasteiger partial charge < -0.3 is 15.0 Å². The number of halogens is 1. The number of carbonyl (C=O) groups is 4. The lowest BCUT2D eigenvalue weighted by atomic mass is 9.62. The molecule has 0 saturated carbocycles. The van der Waals surface area contributed by atoms with Gasteiger partial charge in [-0.05, 0) is 65.2 Å². The van der Waals surface area contributed by atoms with Gasteiger partial charge in [-0.25, -0.2) is 0 Å². The Morgan fingerprint density at radius 1 is 0.837 bits per heavy atom. The molecular formula is C35H25BrN2O5. The Hall–Kier alpha value is -4.82. The molecule has 0 unspecified atom stereocenters. The van der Waals surface area contributed by atoms with Crippen LogP contribution in [0, 0.1) is 5.92 Å². The topological polar surface area (TPSA) is 92.8 Å². The highest BCUT2D eigenvalue weighted by Crippen LogP contribution is 2.62. The molecule has 1 amide bonds. The van der Waals surface area contributed by atoms with Crippen molar-refractivity contribution in [1.29, 1.82) is 0 Å². The maximum atomic E-state index is 14.8. The van der Waals surface area contributed by atoms with Crippen LogP contribution in [-0.4, -0.2) is 34.4 Å². The SMILES string of the molecule is CC(=O)Oc1ccc(C(=O)[C@@H]2[C@@H](C(=O)c3ccc(Br)cc3)[C@@]3(C(=O)Nc4ccccc43)[C@H]3c4ccccc4C=CN23)cc1. The Morgan fingerprint density at radius 2 is 1.49 bits per heavy atom. The third-order valence-corrected chi connectivity index (χ3v) is 9.18. The summed E-state index contributed by atoms with van der Waals surface area (Å²) in [5.74, 6) is -2.16. The summed E-state index contributed by atoms with van der Waals surface area (Å²) in [5, 5.41) is 3.06. The van der Waals surface area contributed by atoms with E-state index in [1.165, 1.54) is 6.92 Å². The maximum absolute atomic E-state index is 14.8. The lowest BCUT2D eigenvalue weighted by molar-refractivity contribution is -0.131. The third kappa shape index (κ3) is 4.08. The fourth-order valence-corrected chi connectivity index (χ4v) is 7.25. The number of rotatable bonds is 5. The fraction of sp³-hybridized carbons (Fsp3) is 0.143. The highest BCUT2D eigenvalue weighted by molar-refractivity contribution is 9.10. The molecule has 7 rings (SSSR count). The highest BCUT2D eigenvalue weighted by atomic mass is 79.9. The summed E-state index contributed by atoms with van der Waals surface area (Å²) in [6.45, 7) is 1.31. The van der Waals surface area contributed by atoms with Crippen molar-refractivity contribution in [3.05, 3.63) is 136 Å². The summed E-state index contributed by atoms with van der Waals surface area (Å²) in [6, 6.07) is 26.9. The molecule has 3 aliphatic rings. The number of hydrogen-bond donors (Lipinski definition) is 1. The van der Waals surface area contributed by atoms with Gasteiger partial charge in [-0.3, -0.25) is 19.2 Å². The van der Waals surface area contributed by atoms with Crippen molar-refractivity contribution in [2.75, 3.05) is 5.32 Å². The molecule has 4 aromatic rings. The van der Waals surface area contributed by atoms with Crippen LogP contribution in [0.4, 0.5) is 5.69 Å². The van der Waals surface area contributed by atoms with Gasteiger partial charge in [0.2, 0.25) is 5.91 Å². The van der Waals surface area contributed by atoms with Crippen molar-refractivity contribution in [3.8, 4) is 5.75 Å². The second-order valence-corrected chi connectivity index (χ2v) is 11.9. The molecule has 1 N–H and O–H groups in total. The van der Waals surface area contributed by atoms with Crippen molar-refractivity contribution in [2.24, 2.45) is 5.92 Å². The lowest BCUT2D eigenvalue weighted by Crippen LogP contribution is -2.49. The van der Waals surface area contributed by atoms with Gasteiger partial charge in [-0.15, -0.1) is 0 Å². The Balaban J connectivity index is 1.48. The highest BCUT2D eigenvalue weighted by Gasteiger charge is 2.70. The number of benzene rings is 4. The average molecular weight is 633 g/mol. The van der Waals surface area contributed by atoms with Gasteiger partial charge in [0.15, 0.2) is 11.6 Å². The number of amides is 1. The normalized spacial score (nSPS) is 22.9. The number of anilines is 1. The maximum Gasteiger partial charge on any atom is 0.308 e. The quantitative estimate of drug-likeness (QED) is 0.156. The summed E-state index contributed by atoms with van der Waals surface area (Å²) in [6.07, 6.45) is 3.77. The van der Waals surface area contributed by atoms with Crippen LogP contribution in [0.15, 0.2) is 108 Å². The Kier molecular flexibility index (Phi) is 6.39. The molecule has 212 valence electrons. The van der Waals surface area contributed by atoms with Gasteiger partial charge in [0.05, 0.1) is 12.0 Å². The van der Waals surface area contributed by atoms with Crippen LogP contribution in [0.2, 0.25) is 0 Å². The van der Waals surface area contributed by atoms with E-state index in [0.717, 1.165) is 15.6 Å². The number of carbonyl (C=O) groups excluding carboxylic acids is 4. The predicted octanol–water partition coefficient (Wildman–Crippen LogP) is 6.36. The monoisotopic (exact) mass is 632 g/mol. The standard InChI is InChI=1S/C35H25BrN2O5/c1-20(39)43-25-16-12-23(13-17-25)32(41)30-29(31(40)22-10-14-24(36)15-11-22)35(27-8-4-5-9-28(27)37-34(35)42)33-26-7-3-2-6-21(26)18-19-38(30)33/h2-19,29-30,33H,1H3,(H,37,42)/t29-,30-,33+,35+/m0/s1. The number of nitrogens with one attached hydrogen (secondary N) is 1. The minimum Gasteiger partial charge on any atom is -0.427 e. The van der Waals surface area contributed by atoms with Gasteiger partial charge >= 0.3 is 5.97 Å². The van der Waals surface area contributed by atoms with Crippen LogP contribution >= 0.6 is 15.9 Å². The zero-order chi connectivity index (χ0) is 29.9. The van der Waals surface area contributed by atoms with E-state index in [4.69, 9.17) is 4.74 Å². The Labute approximate surface area is 256 Å². The van der Waals surface area contributed by atoms with E-state index in [-0.39, 0.29) is 17.5 Å². The molecular weight excluding hydrogens is 608 g/mol. The molecule has 1 saturated heterocycles. The third-order valence-electron chi connectivity index (χ3n) is 8.65. The molecule has 3 heterocycles. The first-order chi connectivity index (χ1) is 20.8. The summed E-state index contributed by atoms with van der Waals surface area (Å²) >= 11 is 3.44. The van der Waals surface area contributed by atoms with Gasteiger partial charge in [-0.1, -0.05) is 70.5 Å². The largest absolute Gasteiger partial charge is 0.427 e. The first-order valence-electron chi connectivity index (χ1n) is 13.9. The number of para-hydroxylation sites is 1. The summed E-state index contributed by atoms with van der Waals surface area (Å²) in [5.41, 5.74) is 2.46. The van der Waals surface area contributed by atoms with Crippen molar-refractivity contribution in [1.82, 2.24) is 4.90 Å². The first-order valence-corrected chi connectivity index (χ1v) is 14.7. The molecule has 8 heteroatoms. The molecule has 0 aromatic heterocycles. The average Bonchev–Trinajstić information content (AvgIpc) is 3.49. The van der Waals surface area contributed by atoms with E-state index in [9.17, 15) is 19.2 Å². The smallest absolute Gasteiger partial charge is 0.308 e. The number of nitrogens with zero attached hydrogens (tertiary/aromatic N) is 1. The fourth-order valence-electron chi connectivity index (χ4n) is 6.99. The Bertz CT molecular complexity index is 1850. The van der Waals surface area contributed by atoms with Crippen molar-refractivity contribution in [3.63, 3.8) is 0 Å². The summed E-state index contributed by atoms with van der Waals surface area (Å²) in [7, 11) is 0. The van der Waals surface area contributed by atoms with E-state index >= 15 is 0 Å². The van der Waals surface area contributed by atoms with Crippen LogP contribution in [0.5, 0.6) is 5.75 Å². The van der Waals surface area contributed by atoms with E-state index in [0.29, 0.717) is 28.1 Å². The lowest BCUT2D eigenvalue weighted by Gasteiger charge is -2.38. The van der Waals surface area contributed by atoms with Crippen LogP contribution in [0.3, 0.4) is 0 Å². The molecule has 1 fully saturated rings. The number of ether oxygens (including phenoxy) is 1. The van der Waals surface area contributed by atoms with Crippen molar-refractivity contribution in [2.45, 2.75) is 24.4 Å². The molecule has 1 spiro atoms. The predicted molar refractivity (Wildman–Crippen MR) is 165 cm³/mol. The molecule has 43 heavy (non-hydrogen) atoms. The molecule has 0 bridgehead atoms. The molecule has 4 aromatic carbocycles. The van der Waals surface area contributed by atoms with E-state index in [1.54, 1.807) is 48.5 Å². The second-order valence-electron chi connectivity index (χ2n) is 10.9. The van der Waals surface area contributed by atoms with Gasteiger partial charge in [-0.2, -0.15) is 0 Å². The molecule has 7 nitrogen and oxygen atoms in total. The molecule has 0 aliphatic carbocycles. The molecule has 3 aliphatic heterocycles. The number of Topliss-reactive ketones (excluding diaryl/α,β-unsaturated/α-hetero) is 2. The minimum atomic E-state index is -1.40. The molecule has 4 atom stereocenters. The number of fused-ring (bicyclic) bond motifs is 6. The summed E-state index contributed by atoms with van der Waals surface area (Å²) in [4.78, 5) is 57.3.